The Morgan fingerprint density at radius 2 is 2.12 bits per heavy atom. The van der Waals surface area contributed by atoms with Crippen molar-refractivity contribution in [1.29, 1.82) is 0 Å². The van der Waals surface area contributed by atoms with E-state index in [0.29, 0.717) is 17.7 Å². The van der Waals surface area contributed by atoms with Gasteiger partial charge < -0.3 is 9.64 Å². The summed E-state index contributed by atoms with van der Waals surface area (Å²) in [7, 11) is 4.12. The van der Waals surface area contributed by atoms with Crippen LogP contribution in [-0.4, -0.2) is 37.4 Å². The molecule has 25 heavy (non-hydrogen) atoms. The molecule has 5 aliphatic rings. The minimum atomic E-state index is 0.221. The van der Waals surface area contributed by atoms with Crippen molar-refractivity contribution >= 4 is 5.78 Å². The van der Waals surface area contributed by atoms with Crippen LogP contribution in [0.2, 0.25) is 0 Å². The van der Waals surface area contributed by atoms with Gasteiger partial charge in [0.15, 0.2) is 0 Å². The fourth-order valence-corrected chi connectivity index (χ4v) is 7.52. The van der Waals surface area contributed by atoms with Gasteiger partial charge in [0.25, 0.3) is 0 Å². The maximum absolute atomic E-state index is 12.4. The van der Waals surface area contributed by atoms with E-state index in [1.54, 1.807) is 0 Å². The van der Waals surface area contributed by atoms with E-state index in [0.717, 1.165) is 18.6 Å². The number of hydrogen-bond donors (Lipinski definition) is 0. The number of piperidine rings is 1. The third-order valence-electron chi connectivity index (χ3n) is 8.49. The number of ketones is 1. The van der Waals surface area contributed by atoms with E-state index in [9.17, 15) is 4.79 Å². The fourth-order valence-electron chi connectivity index (χ4n) is 7.52. The third kappa shape index (κ3) is 1.78. The van der Waals surface area contributed by atoms with Gasteiger partial charge >= 0.3 is 0 Å². The maximum atomic E-state index is 12.4. The van der Waals surface area contributed by atoms with Crippen LogP contribution in [0.4, 0.5) is 0 Å². The average molecular weight is 339 g/mol. The lowest BCUT2D eigenvalue weighted by Crippen LogP contribution is -2.71. The molecule has 4 aliphatic carbocycles. The summed E-state index contributed by atoms with van der Waals surface area (Å²) in [5.41, 5.74) is 3.48. The van der Waals surface area contributed by atoms with Gasteiger partial charge in [0, 0.05) is 22.9 Å². The molecule has 1 heterocycles. The van der Waals surface area contributed by atoms with Crippen molar-refractivity contribution in [2.75, 3.05) is 20.7 Å². The van der Waals surface area contributed by atoms with Crippen LogP contribution < -0.4 is 4.74 Å². The van der Waals surface area contributed by atoms with E-state index in [2.05, 4.69) is 30.1 Å². The first kappa shape index (κ1) is 15.9. The van der Waals surface area contributed by atoms with Crippen molar-refractivity contribution in [1.82, 2.24) is 4.90 Å². The summed E-state index contributed by atoms with van der Waals surface area (Å²) in [6, 6.07) is 7.21. The molecular weight excluding hydrogens is 310 g/mol. The van der Waals surface area contributed by atoms with E-state index < -0.39 is 0 Å². The number of fused-ring (bicyclic) bond motifs is 3. The Morgan fingerprint density at radius 3 is 2.88 bits per heavy atom. The molecule has 1 spiro atoms. The molecule has 5 atom stereocenters. The highest BCUT2D eigenvalue weighted by Crippen LogP contribution is 2.71. The molecule has 0 aromatic heterocycles. The third-order valence-corrected chi connectivity index (χ3v) is 8.49. The van der Waals surface area contributed by atoms with E-state index in [1.807, 2.05) is 14.0 Å². The number of Topliss-reactive ketones (excluding diaryl/α,β-unsaturated/α-hetero) is 1. The number of benzene rings is 1. The first-order chi connectivity index (χ1) is 12.0. The molecule has 134 valence electrons. The highest BCUT2D eigenvalue weighted by molar-refractivity contribution is 5.79. The monoisotopic (exact) mass is 339 g/mol. The average Bonchev–Trinajstić information content (AvgIpc) is 2.63. The van der Waals surface area contributed by atoms with Gasteiger partial charge in [-0.1, -0.05) is 12.1 Å². The molecule has 4 fully saturated rings. The molecule has 3 saturated carbocycles. The summed E-state index contributed by atoms with van der Waals surface area (Å²) in [5.74, 6) is 2.36. The van der Waals surface area contributed by atoms with Crippen LogP contribution in [-0.2, 0) is 16.6 Å². The first-order valence-electron chi connectivity index (χ1n) is 9.89. The number of likely N-dealkylation sites (tertiary alicyclic amines) is 1. The van der Waals surface area contributed by atoms with E-state index in [4.69, 9.17) is 4.74 Å². The van der Waals surface area contributed by atoms with Crippen molar-refractivity contribution in [2.45, 2.75) is 56.9 Å². The molecule has 1 aliphatic heterocycles. The molecule has 4 bridgehead atoms. The predicted octanol–water partition coefficient (Wildman–Crippen LogP) is 3.59. The summed E-state index contributed by atoms with van der Waals surface area (Å²) < 4.78 is 5.87. The van der Waals surface area contributed by atoms with Crippen LogP contribution in [0.1, 0.15) is 50.2 Å². The molecular formula is C22H29NO2. The largest absolute Gasteiger partial charge is 0.496 e. The lowest BCUT2D eigenvalue weighted by atomic mass is 9.36. The van der Waals surface area contributed by atoms with Crippen LogP contribution in [0.15, 0.2) is 18.2 Å². The van der Waals surface area contributed by atoms with Crippen molar-refractivity contribution in [3.05, 3.63) is 29.3 Å². The minimum Gasteiger partial charge on any atom is -0.496 e. The van der Waals surface area contributed by atoms with E-state index in [-0.39, 0.29) is 16.7 Å². The number of hydrogen-bond acceptors (Lipinski definition) is 3. The van der Waals surface area contributed by atoms with Crippen LogP contribution in [0.3, 0.4) is 0 Å². The fraction of sp³-hybridized carbons (Fsp3) is 0.682. The Bertz CT molecular complexity index is 744. The highest BCUT2D eigenvalue weighted by atomic mass is 16.5. The maximum Gasteiger partial charge on any atom is 0.133 e. The second-order valence-electron chi connectivity index (χ2n) is 9.11. The Labute approximate surface area is 150 Å². The molecule has 3 heteroatoms. The number of carbonyl (C=O) groups excluding carboxylic acids is 1. The zero-order valence-corrected chi connectivity index (χ0v) is 15.7. The Balaban J connectivity index is 1.76. The predicted molar refractivity (Wildman–Crippen MR) is 98.0 cm³/mol. The quantitative estimate of drug-likeness (QED) is 0.825. The van der Waals surface area contributed by atoms with Crippen LogP contribution in [0.5, 0.6) is 5.75 Å². The molecule has 0 amide bonds. The van der Waals surface area contributed by atoms with Gasteiger partial charge in [-0.15, -0.1) is 0 Å². The number of rotatable bonds is 2. The van der Waals surface area contributed by atoms with Gasteiger partial charge in [0.2, 0.25) is 0 Å². The number of methoxy groups -OCH3 is 1. The summed E-state index contributed by atoms with van der Waals surface area (Å²) in [5, 5.41) is 0. The van der Waals surface area contributed by atoms with Gasteiger partial charge in [0.1, 0.15) is 11.5 Å². The number of carbonyl (C=O) groups is 1. The molecule has 1 aromatic rings. The van der Waals surface area contributed by atoms with Crippen molar-refractivity contribution in [3.8, 4) is 5.75 Å². The molecule has 1 aromatic carbocycles. The summed E-state index contributed by atoms with van der Waals surface area (Å²) in [6.45, 7) is 2.99. The van der Waals surface area contributed by atoms with Crippen LogP contribution >= 0.6 is 0 Å². The Kier molecular flexibility index (Phi) is 3.23. The molecule has 6 rings (SSSR count). The molecule has 0 N–H and O–H groups in total. The zero-order valence-electron chi connectivity index (χ0n) is 15.7. The van der Waals surface area contributed by atoms with Crippen LogP contribution in [0, 0.1) is 17.3 Å². The summed E-state index contributed by atoms with van der Waals surface area (Å²) in [4.78, 5) is 15.0. The smallest absolute Gasteiger partial charge is 0.133 e. The van der Waals surface area contributed by atoms with Crippen LogP contribution in [0.25, 0.3) is 0 Å². The lowest BCUT2D eigenvalue weighted by molar-refractivity contribution is -0.166. The normalized spacial score (nSPS) is 41.8. The highest BCUT2D eigenvalue weighted by Gasteiger charge is 2.69. The SMILES string of the molecule is COc1cccc2c1[C@]13CCN(C)[C@H](C2)C12CCC(C3)C(C(C)=O)C2. The van der Waals surface area contributed by atoms with E-state index >= 15 is 0 Å². The van der Waals surface area contributed by atoms with Crippen molar-refractivity contribution in [2.24, 2.45) is 17.3 Å². The lowest BCUT2D eigenvalue weighted by Gasteiger charge is -2.71. The second-order valence-corrected chi connectivity index (χ2v) is 9.11. The minimum absolute atomic E-state index is 0.221. The summed E-state index contributed by atoms with van der Waals surface area (Å²) in [6.07, 6.45) is 7.14. The molecule has 1 saturated heterocycles. The van der Waals surface area contributed by atoms with Crippen molar-refractivity contribution in [3.63, 3.8) is 0 Å². The number of nitrogens with zero attached hydrogens (tertiary/aromatic N) is 1. The topological polar surface area (TPSA) is 29.5 Å². The van der Waals surface area contributed by atoms with Gasteiger partial charge in [-0.3, -0.25) is 4.79 Å². The van der Waals surface area contributed by atoms with Gasteiger partial charge in [-0.2, -0.15) is 0 Å². The number of ether oxygens (including phenoxy) is 1. The zero-order chi connectivity index (χ0) is 17.4. The van der Waals surface area contributed by atoms with E-state index in [1.165, 1.54) is 43.4 Å². The van der Waals surface area contributed by atoms with Gasteiger partial charge in [-0.05, 0) is 82.0 Å². The first-order valence-corrected chi connectivity index (χ1v) is 9.89. The Hall–Kier alpha value is -1.35. The number of likely N-dealkylation sites (N-methyl/N-ethyl adjacent to an activating group) is 1. The standard InChI is InChI=1S/C22H29NO2/c1-14(24)17-13-21-8-7-16(17)12-22(21)9-10-23(2)19(21)11-15-5-4-6-18(25-3)20(15)22/h4-6,16-17,19H,7-13H2,1-3H3/t16?,17?,19-,21?,22-/m1/s1. The van der Waals surface area contributed by atoms with Gasteiger partial charge in [0.05, 0.1) is 7.11 Å². The summed E-state index contributed by atoms with van der Waals surface area (Å²) >= 11 is 0. The second kappa shape index (κ2) is 5.09. The van der Waals surface area contributed by atoms with Crippen molar-refractivity contribution < 1.29 is 9.53 Å². The molecule has 3 unspecified atom stereocenters. The molecule has 3 nitrogen and oxygen atoms in total. The van der Waals surface area contributed by atoms with Gasteiger partial charge in [-0.25, -0.2) is 0 Å². The molecule has 0 radical (unpaired) electrons. The Morgan fingerprint density at radius 1 is 1.28 bits per heavy atom.